The first-order valence-electron chi connectivity index (χ1n) is 16.3. The van der Waals surface area contributed by atoms with Gasteiger partial charge in [0, 0.05) is 34.3 Å². The van der Waals surface area contributed by atoms with Crippen molar-refractivity contribution in [1.29, 1.82) is 5.26 Å². The van der Waals surface area contributed by atoms with Gasteiger partial charge in [-0.1, -0.05) is 53.6 Å². The Morgan fingerprint density at radius 3 is 2.69 bits per heavy atom. The molecule has 2 aliphatic rings. The number of carbonyl (C=O) groups excluding carboxylic acids is 1. The smallest absolute Gasteiger partial charge is 0.272 e. The lowest BCUT2D eigenvalue weighted by atomic mass is 9.85. The molecule has 0 bridgehead atoms. The Morgan fingerprint density at radius 2 is 2.00 bits per heavy atom. The number of pyridine rings is 1. The van der Waals surface area contributed by atoms with Gasteiger partial charge in [0.25, 0.3) is 5.56 Å². The summed E-state index contributed by atoms with van der Waals surface area (Å²) >= 11 is 6.50. The zero-order valence-electron chi connectivity index (χ0n) is 27.5. The van der Waals surface area contributed by atoms with E-state index in [4.69, 9.17) is 22.3 Å². The van der Waals surface area contributed by atoms with E-state index < -0.39 is 5.41 Å². The minimum atomic E-state index is -0.711. The second kappa shape index (κ2) is 13.7. The molecule has 2 aromatic heterocycles. The van der Waals surface area contributed by atoms with Crippen molar-refractivity contribution in [3.8, 4) is 17.2 Å². The molecule has 244 valence electrons. The van der Waals surface area contributed by atoms with Crippen LogP contribution in [0.25, 0.3) is 21.9 Å². The topological polar surface area (TPSA) is 129 Å². The normalized spacial score (nSPS) is 17.0. The Labute approximate surface area is 285 Å². The molecule has 48 heavy (non-hydrogen) atoms. The molecule has 0 spiro atoms. The Kier molecular flexibility index (Phi) is 9.45. The predicted octanol–water partition coefficient (Wildman–Crippen LogP) is 7.42. The van der Waals surface area contributed by atoms with Gasteiger partial charge in [0.1, 0.15) is 0 Å². The van der Waals surface area contributed by atoms with E-state index >= 15 is 0 Å². The number of benzene rings is 2. The monoisotopic (exact) mass is 658 g/mol. The van der Waals surface area contributed by atoms with Crippen LogP contribution < -0.4 is 11.3 Å². The first-order chi connectivity index (χ1) is 23.2. The van der Waals surface area contributed by atoms with E-state index in [1.54, 1.807) is 30.5 Å². The van der Waals surface area contributed by atoms with Crippen LogP contribution >= 0.6 is 11.6 Å². The number of nitriles is 1. The van der Waals surface area contributed by atoms with Crippen LogP contribution in [0.5, 0.6) is 0 Å². The lowest BCUT2D eigenvalue weighted by molar-refractivity contribution is -0.136. The number of H-pyrrole nitrogens is 1. The van der Waals surface area contributed by atoms with E-state index in [0.29, 0.717) is 52.0 Å². The summed E-state index contributed by atoms with van der Waals surface area (Å²) in [6.45, 7) is 6.79. The van der Waals surface area contributed by atoms with E-state index in [1.807, 2.05) is 29.2 Å². The van der Waals surface area contributed by atoms with Crippen LogP contribution in [-0.4, -0.2) is 32.0 Å². The number of nitrogens with zero attached hydrogens (tertiary/aromatic N) is 4. The maximum absolute atomic E-state index is 14.9. The van der Waals surface area contributed by atoms with E-state index in [1.165, 1.54) is 16.7 Å². The van der Waals surface area contributed by atoms with E-state index in [9.17, 15) is 14.9 Å². The fourth-order valence-corrected chi connectivity index (χ4v) is 7.13. The summed E-state index contributed by atoms with van der Waals surface area (Å²) in [6, 6.07) is 16.8. The number of fused-ring (bicyclic) bond motifs is 1. The largest absolute Gasteiger partial charge is 0.329 e. The van der Waals surface area contributed by atoms with Crippen molar-refractivity contribution in [2.75, 3.05) is 0 Å². The van der Waals surface area contributed by atoms with Gasteiger partial charge in [0.2, 0.25) is 5.91 Å². The molecular formula is C39H39ClN6O2. The maximum atomic E-state index is 14.9. The third-order valence-electron chi connectivity index (χ3n) is 9.65. The predicted molar refractivity (Wildman–Crippen MR) is 190 cm³/mol. The van der Waals surface area contributed by atoms with Crippen molar-refractivity contribution in [2.45, 2.75) is 77.4 Å². The first kappa shape index (κ1) is 33.1. The Bertz CT molecular complexity index is 2080. The number of aromatic amines is 1. The van der Waals surface area contributed by atoms with Gasteiger partial charge in [-0.25, -0.2) is 5.10 Å². The zero-order valence-corrected chi connectivity index (χ0v) is 28.3. The van der Waals surface area contributed by atoms with Gasteiger partial charge in [-0.2, -0.15) is 10.4 Å². The van der Waals surface area contributed by atoms with Gasteiger partial charge in [0.15, 0.2) is 0 Å². The number of carbonyl (C=O) groups is 1. The third kappa shape index (κ3) is 6.36. The second-order valence-corrected chi connectivity index (χ2v) is 13.4. The van der Waals surface area contributed by atoms with Gasteiger partial charge < -0.3 is 10.6 Å². The summed E-state index contributed by atoms with van der Waals surface area (Å²) in [6.07, 6.45) is 12.3. The molecular weight excluding hydrogens is 620 g/mol. The van der Waals surface area contributed by atoms with Crippen molar-refractivity contribution in [1.82, 2.24) is 20.1 Å². The number of hydrogen-bond donors (Lipinski definition) is 2. The highest BCUT2D eigenvalue weighted by Crippen LogP contribution is 2.51. The van der Waals surface area contributed by atoms with E-state index in [2.05, 4.69) is 55.3 Å². The van der Waals surface area contributed by atoms with Gasteiger partial charge in [-0.3, -0.25) is 14.6 Å². The van der Waals surface area contributed by atoms with Crippen LogP contribution in [0.15, 0.2) is 94.5 Å². The van der Waals surface area contributed by atoms with Crippen LogP contribution in [0, 0.1) is 11.3 Å². The summed E-state index contributed by atoms with van der Waals surface area (Å²) in [5.41, 5.74) is 12.7. The molecule has 0 radical (unpaired) electrons. The standard InChI is InChI=1S/C39H39ClN6O2/c1-24(2)7-4-8-26-9-6-12-35(25(26)3)46(23-30-15-13-28(22-43-30)36-27(20-41)10-5-11-33(36)40)38(48)39(17-18-39)29-14-16-31-32(19-29)34(21-42)44-45-37(31)47/h4-5,7-8,10-11,13-16,19,22,35H,6,9,12,17-18,21,23,42H2,1-3H3,(H,45,47)/b8-4-. The average molecular weight is 659 g/mol. The lowest BCUT2D eigenvalue weighted by Crippen LogP contribution is -2.47. The molecule has 3 N–H and O–H groups in total. The molecule has 0 saturated heterocycles. The summed E-state index contributed by atoms with van der Waals surface area (Å²) in [5, 5.41) is 18.0. The number of hydrogen-bond acceptors (Lipinski definition) is 6. The molecule has 1 saturated carbocycles. The van der Waals surface area contributed by atoms with Crippen LogP contribution in [0.3, 0.4) is 0 Å². The van der Waals surface area contributed by atoms with Gasteiger partial charge in [0.05, 0.1) is 46.4 Å². The van der Waals surface area contributed by atoms with Gasteiger partial charge >= 0.3 is 0 Å². The second-order valence-electron chi connectivity index (χ2n) is 13.0. The van der Waals surface area contributed by atoms with Gasteiger partial charge in [-0.05, 0) is 99.9 Å². The number of aromatic nitrogens is 3. The third-order valence-corrected chi connectivity index (χ3v) is 9.96. The number of nitrogens with two attached hydrogens (primary N) is 1. The zero-order chi connectivity index (χ0) is 34.0. The highest BCUT2D eigenvalue weighted by molar-refractivity contribution is 6.33. The van der Waals surface area contributed by atoms with Gasteiger partial charge in [-0.15, -0.1) is 0 Å². The number of nitrogens with one attached hydrogen (secondary N) is 1. The van der Waals surface area contributed by atoms with E-state index in [0.717, 1.165) is 36.1 Å². The van der Waals surface area contributed by atoms with E-state index in [-0.39, 0.29) is 24.1 Å². The van der Waals surface area contributed by atoms with Crippen molar-refractivity contribution in [3.05, 3.63) is 128 Å². The van der Waals surface area contributed by atoms with Crippen molar-refractivity contribution >= 4 is 28.3 Å². The maximum Gasteiger partial charge on any atom is 0.272 e. The van der Waals surface area contributed by atoms with Crippen LogP contribution in [0.1, 0.15) is 75.4 Å². The molecule has 0 aliphatic heterocycles. The summed E-state index contributed by atoms with van der Waals surface area (Å²) < 4.78 is 0. The van der Waals surface area contributed by atoms with Crippen molar-refractivity contribution in [2.24, 2.45) is 5.73 Å². The average Bonchev–Trinajstić information content (AvgIpc) is 3.90. The quantitative estimate of drug-likeness (QED) is 0.180. The SMILES string of the molecule is CC(C)=C/C=C\C1=C(C)C(N(Cc2ccc(-c3c(Cl)cccc3C#N)cn2)C(=O)C2(c3ccc4c(=O)[nH]nc(CN)c4c3)CC2)CCC1. The molecule has 2 heterocycles. The fourth-order valence-electron chi connectivity index (χ4n) is 6.85. The van der Waals surface area contributed by atoms with Crippen molar-refractivity contribution < 1.29 is 4.79 Å². The molecule has 6 rings (SSSR count). The molecule has 1 unspecified atom stereocenters. The molecule has 8 nitrogen and oxygen atoms in total. The highest BCUT2D eigenvalue weighted by atomic mass is 35.5. The molecule has 4 aromatic rings. The minimum Gasteiger partial charge on any atom is -0.329 e. The number of amides is 1. The first-order valence-corrected chi connectivity index (χ1v) is 16.7. The Morgan fingerprint density at radius 1 is 1.19 bits per heavy atom. The molecule has 2 aromatic carbocycles. The fraction of sp³-hybridized carbons (Fsp3) is 0.308. The highest BCUT2D eigenvalue weighted by Gasteiger charge is 2.54. The molecule has 9 heteroatoms. The lowest BCUT2D eigenvalue weighted by Gasteiger charge is -2.38. The molecule has 1 fully saturated rings. The summed E-state index contributed by atoms with van der Waals surface area (Å²) in [7, 11) is 0. The van der Waals surface area contributed by atoms with Crippen LogP contribution in [-0.2, 0) is 23.3 Å². The van der Waals surface area contributed by atoms with Crippen LogP contribution in [0.4, 0.5) is 0 Å². The minimum absolute atomic E-state index is 0.0524. The number of halogens is 1. The van der Waals surface area contributed by atoms with Crippen molar-refractivity contribution in [3.63, 3.8) is 0 Å². The number of allylic oxidation sites excluding steroid dienone is 5. The Balaban J connectivity index is 1.40. The summed E-state index contributed by atoms with van der Waals surface area (Å²) in [5.74, 6) is 0.0524. The van der Waals surface area contributed by atoms with Crippen LogP contribution in [0.2, 0.25) is 5.02 Å². The molecule has 1 amide bonds. The molecule has 2 aliphatic carbocycles. The molecule has 1 atom stereocenters. The Hall–Kier alpha value is -4.84. The number of rotatable bonds is 9. The summed E-state index contributed by atoms with van der Waals surface area (Å²) in [4.78, 5) is 34.3.